The molecular weight excluding hydrogens is 793 g/mol. The third-order valence-corrected chi connectivity index (χ3v) is 10.2. The molecule has 0 aliphatic rings. The molecule has 0 saturated carbocycles. The number of benzene rings is 4. The normalized spacial score (nSPS) is 11.4. The molecule has 4 rings (SSSR count). The number of hydrogen-bond donors (Lipinski definition) is 4. The summed E-state index contributed by atoms with van der Waals surface area (Å²) >= 11 is 0. The average Bonchev–Trinajstić information content (AvgIpc) is 3.25. The Morgan fingerprint density at radius 1 is 0.429 bits per heavy atom. The molecule has 63 heavy (non-hydrogen) atoms. The van der Waals surface area contributed by atoms with E-state index in [9.17, 15) is 19.2 Å². The van der Waals surface area contributed by atoms with Gasteiger partial charge in [0.15, 0.2) is 0 Å². The Morgan fingerprint density at radius 3 is 0.984 bits per heavy atom. The minimum absolute atomic E-state index is 0.152. The van der Waals surface area contributed by atoms with E-state index in [1.807, 2.05) is 114 Å². The maximum absolute atomic E-state index is 13.3. The zero-order chi connectivity index (χ0) is 45.5. The van der Waals surface area contributed by atoms with Crippen molar-refractivity contribution in [2.75, 3.05) is 52.4 Å². The zero-order valence-electron chi connectivity index (χ0n) is 38.2. The number of amides is 6. The van der Waals surface area contributed by atoms with Crippen LogP contribution in [0.4, 0.5) is 19.2 Å². The largest absolute Gasteiger partial charge is 0.444 e. The molecule has 12 heteroatoms. The molecule has 0 spiro atoms. The molecule has 340 valence electrons. The van der Waals surface area contributed by atoms with E-state index in [2.05, 4.69) is 69.8 Å². The summed E-state index contributed by atoms with van der Waals surface area (Å²) in [7, 11) is 0. The van der Waals surface area contributed by atoms with Gasteiger partial charge in [0, 0.05) is 64.2 Å². The minimum atomic E-state index is -0.696. The third kappa shape index (κ3) is 19.3. The molecule has 12 nitrogen and oxygen atoms in total. The fourth-order valence-electron chi connectivity index (χ4n) is 7.22. The molecule has 0 bridgehead atoms. The van der Waals surface area contributed by atoms with Crippen LogP contribution in [-0.4, -0.2) is 97.6 Å². The predicted molar refractivity (Wildman–Crippen MR) is 251 cm³/mol. The van der Waals surface area contributed by atoms with Gasteiger partial charge in [-0.15, -0.1) is 0 Å². The highest BCUT2D eigenvalue weighted by molar-refractivity contribution is 5.74. The molecule has 0 saturated heterocycles. The van der Waals surface area contributed by atoms with Crippen molar-refractivity contribution in [3.8, 4) is 0 Å². The summed E-state index contributed by atoms with van der Waals surface area (Å²) in [5, 5.41) is 11.8. The van der Waals surface area contributed by atoms with Gasteiger partial charge in [0.25, 0.3) is 0 Å². The Labute approximate surface area is 375 Å². The zero-order valence-corrected chi connectivity index (χ0v) is 38.2. The van der Waals surface area contributed by atoms with E-state index < -0.39 is 23.4 Å². The second kappa shape index (κ2) is 25.8. The van der Waals surface area contributed by atoms with Crippen LogP contribution in [0, 0.1) is 0 Å². The fourth-order valence-corrected chi connectivity index (χ4v) is 7.22. The Balaban J connectivity index is 1.22. The van der Waals surface area contributed by atoms with Crippen LogP contribution in [0.15, 0.2) is 121 Å². The summed E-state index contributed by atoms with van der Waals surface area (Å²) < 4.78 is 11.4. The molecule has 4 N–H and O–H groups in total. The van der Waals surface area contributed by atoms with Gasteiger partial charge in [0.1, 0.15) is 11.2 Å². The van der Waals surface area contributed by atoms with Gasteiger partial charge in [0.05, 0.1) is 0 Å². The fraction of sp³-hybridized carbons (Fsp3) is 0.451. The first-order valence-electron chi connectivity index (χ1n) is 22.4. The van der Waals surface area contributed by atoms with Crippen molar-refractivity contribution in [2.45, 2.75) is 96.7 Å². The number of carbonyl (C=O) groups excluding carboxylic acids is 4. The highest BCUT2D eigenvalue weighted by atomic mass is 16.6. The van der Waals surface area contributed by atoms with Gasteiger partial charge in [-0.3, -0.25) is 0 Å². The van der Waals surface area contributed by atoms with Gasteiger partial charge in [-0.2, -0.15) is 0 Å². The van der Waals surface area contributed by atoms with Gasteiger partial charge in [0.2, 0.25) is 0 Å². The van der Waals surface area contributed by atoms with Crippen LogP contribution in [0.5, 0.6) is 0 Å². The summed E-state index contributed by atoms with van der Waals surface area (Å²) in [5.41, 5.74) is 3.39. The number of rotatable bonds is 22. The van der Waals surface area contributed by atoms with E-state index >= 15 is 0 Å². The lowest BCUT2D eigenvalue weighted by Crippen LogP contribution is -2.43. The van der Waals surface area contributed by atoms with Crippen molar-refractivity contribution in [2.24, 2.45) is 0 Å². The average molecular weight is 863 g/mol. The number of nitrogens with zero attached hydrogens (tertiary/aromatic N) is 2. The van der Waals surface area contributed by atoms with Gasteiger partial charge >= 0.3 is 24.2 Å². The summed E-state index contributed by atoms with van der Waals surface area (Å²) in [6.45, 7) is 14.0. The second-order valence-electron chi connectivity index (χ2n) is 17.7. The quantitative estimate of drug-likeness (QED) is 0.0581. The summed E-state index contributed by atoms with van der Waals surface area (Å²) in [4.78, 5) is 55.4. The standard InChI is InChI=1S/C51H70N6O6/c1-50(2,3)62-48(60)56(36-19-32-52-46(58)54-34-30-44(40-22-11-7-12-23-40)41-24-13-8-14-25-41)38-21-39-57(49(61)63-51(4,5)6)37-20-33-53-47(59)55-35-31-45(42-26-15-9-16-27-42)43-28-17-10-18-29-43/h7-18,22-29,44-45H,19-21,30-39H2,1-6H3,(H2,52,54,58)(H2,53,55,59). The molecule has 0 atom stereocenters. The van der Waals surface area contributed by atoms with E-state index in [-0.39, 0.29) is 23.9 Å². The van der Waals surface area contributed by atoms with E-state index in [0.29, 0.717) is 71.6 Å². The van der Waals surface area contributed by atoms with Gasteiger partial charge < -0.3 is 40.5 Å². The van der Waals surface area contributed by atoms with Crippen LogP contribution >= 0.6 is 0 Å². The molecule has 0 unspecified atom stereocenters. The molecular formula is C51H70N6O6. The molecule has 0 aliphatic carbocycles. The van der Waals surface area contributed by atoms with Crippen molar-refractivity contribution in [3.63, 3.8) is 0 Å². The number of urea groups is 2. The highest BCUT2D eigenvalue weighted by Gasteiger charge is 2.25. The van der Waals surface area contributed by atoms with Crippen molar-refractivity contribution in [1.29, 1.82) is 0 Å². The van der Waals surface area contributed by atoms with Crippen LogP contribution in [0.1, 0.15) is 108 Å². The molecule has 0 heterocycles. The van der Waals surface area contributed by atoms with Crippen molar-refractivity contribution in [1.82, 2.24) is 31.1 Å². The van der Waals surface area contributed by atoms with E-state index in [4.69, 9.17) is 9.47 Å². The molecule has 0 aromatic heterocycles. The van der Waals surface area contributed by atoms with Crippen molar-refractivity contribution >= 4 is 24.2 Å². The van der Waals surface area contributed by atoms with Gasteiger partial charge in [-0.1, -0.05) is 121 Å². The second-order valence-corrected chi connectivity index (χ2v) is 17.7. The number of ether oxygens (including phenoxy) is 2. The molecule has 0 radical (unpaired) electrons. The van der Waals surface area contributed by atoms with Crippen molar-refractivity contribution in [3.05, 3.63) is 144 Å². The molecule has 0 aliphatic heterocycles. The number of carbonyl (C=O) groups is 4. The Hall–Kier alpha value is -6.04. The first-order valence-corrected chi connectivity index (χ1v) is 22.4. The number of hydrogen-bond acceptors (Lipinski definition) is 6. The van der Waals surface area contributed by atoms with E-state index in [0.717, 1.165) is 12.8 Å². The SMILES string of the molecule is CC(C)(C)OC(=O)N(CCCNC(=O)NCCC(c1ccccc1)c1ccccc1)CCCN(CCCNC(=O)NCCC(c1ccccc1)c1ccccc1)C(=O)OC(C)(C)C. The smallest absolute Gasteiger partial charge is 0.410 e. The van der Waals surface area contributed by atoms with Gasteiger partial charge in [-0.05, 0) is 95.9 Å². The third-order valence-electron chi connectivity index (χ3n) is 10.2. The molecule has 4 aromatic rings. The van der Waals surface area contributed by atoms with Crippen LogP contribution in [0.2, 0.25) is 0 Å². The topological polar surface area (TPSA) is 141 Å². The minimum Gasteiger partial charge on any atom is -0.444 e. The Bertz CT molecular complexity index is 1720. The van der Waals surface area contributed by atoms with Crippen LogP contribution < -0.4 is 21.3 Å². The molecule has 0 fully saturated rings. The van der Waals surface area contributed by atoms with Crippen LogP contribution in [0.3, 0.4) is 0 Å². The first kappa shape index (κ1) is 49.6. The summed E-state index contributed by atoms with van der Waals surface area (Å²) in [6.07, 6.45) is 2.04. The lowest BCUT2D eigenvalue weighted by molar-refractivity contribution is 0.0203. The maximum atomic E-state index is 13.3. The lowest BCUT2D eigenvalue weighted by atomic mass is 9.88. The highest BCUT2D eigenvalue weighted by Crippen LogP contribution is 2.28. The van der Waals surface area contributed by atoms with Gasteiger partial charge in [-0.25, -0.2) is 19.2 Å². The summed E-state index contributed by atoms with van der Waals surface area (Å²) in [6, 6.07) is 40.6. The number of nitrogens with one attached hydrogen (secondary N) is 4. The predicted octanol–water partition coefficient (Wildman–Crippen LogP) is 9.67. The first-order chi connectivity index (χ1) is 30.2. The van der Waals surface area contributed by atoms with E-state index in [1.54, 1.807) is 9.80 Å². The Morgan fingerprint density at radius 2 is 0.698 bits per heavy atom. The summed E-state index contributed by atoms with van der Waals surface area (Å²) in [5.74, 6) is 0.304. The van der Waals surface area contributed by atoms with Crippen molar-refractivity contribution < 1.29 is 28.7 Å². The molecule has 4 aromatic carbocycles. The molecule has 6 amide bonds. The maximum Gasteiger partial charge on any atom is 0.410 e. The van der Waals surface area contributed by atoms with Crippen LogP contribution in [-0.2, 0) is 9.47 Å². The van der Waals surface area contributed by atoms with Crippen LogP contribution in [0.25, 0.3) is 0 Å². The van der Waals surface area contributed by atoms with E-state index in [1.165, 1.54) is 22.3 Å². The Kier molecular flexibility index (Phi) is 20.3. The monoisotopic (exact) mass is 863 g/mol. The lowest BCUT2D eigenvalue weighted by Gasteiger charge is -2.30.